The quantitative estimate of drug-likeness (QED) is 0.577. The molecule has 5 atom stereocenters. The molecule has 2 unspecified atom stereocenters. The topological polar surface area (TPSA) is 109 Å². The molecule has 0 radical (unpaired) electrons. The first-order valence-electron chi connectivity index (χ1n) is 8.20. The molecule has 0 bridgehead atoms. The third kappa shape index (κ3) is 4.01. The molecule has 1 aliphatic heterocycles. The van der Waals surface area contributed by atoms with Crippen molar-refractivity contribution in [3.63, 3.8) is 0 Å². The Kier molecular flexibility index (Phi) is 6.13. The molecule has 2 heterocycles. The monoisotopic (exact) mass is 382 g/mol. The Bertz CT molecular complexity index is 700. The number of rotatable bonds is 6. The number of aliphatic hydroxyl groups is 4. The van der Waals surface area contributed by atoms with Crippen LogP contribution in [0, 0.1) is 0 Å². The molecule has 0 amide bonds. The van der Waals surface area contributed by atoms with Gasteiger partial charge in [0.25, 0.3) is 0 Å². The van der Waals surface area contributed by atoms with Crippen LogP contribution in [0.15, 0.2) is 35.7 Å². The predicted octanol–water partition coefficient (Wildman–Crippen LogP) is 0.526. The molecule has 1 aromatic carbocycles. The molecule has 1 saturated heterocycles. The van der Waals surface area contributed by atoms with Crippen molar-refractivity contribution in [1.82, 2.24) is 0 Å². The molecular formula is C18H22O7S. The van der Waals surface area contributed by atoms with Crippen LogP contribution in [0.5, 0.6) is 11.5 Å². The standard InChI is InChI=1S/C18H22O7S/c1-23-11-4-2-10(3-5-11)8-14-12(6-7-26-14)24-18-17(22)16(21)15(20)13(9-19)25-18/h2-7,13,15-22H,8-9H2,1H3/t13?,15-,16?,17-,18+/m0/s1. The zero-order valence-corrected chi connectivity index (χ0v) is 15.0. The minimum absolute atomic E-state index is 0.493. The van der Waals surface area contributed by atoms with E-state index in [2.05, 4.69) is 0 Å². The van der Waals surface area contributed by atoms with Gasteiger partial charge in [0.15, 0.2) is 0 Å². The molecule has 0 spiro atoms. The largest absolute Gasteiger partial charge is 0.497 e. The lowest BCUT2D eigenvalue weighted by atomic mass is 9.99. The summed E-state index contributed by atoms with van der Waals surface area (Å²) in [5.74, 6) is 1.30. The van der Waals surface area contributed by atoms with Gasteiger partial charge in [0.2, 0.25) is 6.29 Å². The van der Waals surface area contributed by atoms with Crippen molar-refractivity contribution in [2.45, 2.75) is 37.1 Å². The van der Waals surface area contributed by atoms with Gasteiger partial charge in [0, 0.05) is 6.42 Å². The van der Waals surface area contributed by atoms with Gasteiger partial charge >= 0.3 is 0 Å². The highest BCUT2D eigenvalue weighted by atomic mass is 32.1. The van der Waals surface area contributed by atoms with Gasteiger partial charge in [0.1, 0.15) is 35.9 Å². The Balaban J connectivity index is 1.71. The predicted molar refractivity (Wildman–Crippen MR) is 94.5 cm³/mol. The third-order valence-electron chi connectivity index (χ3n) is 4.32. The van der Waals surface area contributed by atoms with Crippen molar-refractivity contribution in [3.8, 4) is 11.5 Å². The summed E-state index contributed by atoms with van der Waals surface area (Å²) in [6.45, 7) is -0.493. The van der Waals surface area contributed by atoms with E-state index in [0.717, 1.165) is 16.2 Å². The van der Waals surface area contributed by atoms with Crippen LogP contribution < -0.4 is 9.47 Å². The molecule has 0 saturated carbocycles. The highest BCUT2D eigenvalue weighted by Gasteiger charge is 2.44. The van der Waals surface area contributed by atoms with Crippen LogP contribution in [0.4, 0.5) is 0 Å². The number of ether oxygens (including phenoxy) is 3. The number of hydrogen-bond donors (Lipinski definition) is 4. The van der Waals surface area contributed by atoms with Gasteiger partial charge in [-0.15, -0.1) is 11.3 Å². The second-order valence-corrected chi connectivity index (χ2v) is 7.05. The Morgan fingerprint density at radius 1 is 1.04 bits per heavy atom. The first-order valence-corrected chi connectivity index (χ1v) is 9.08. The molecule has 4 N–H and O–H groups in total. The van der Waals surface area contributed by atoms with E-state index in [1.807, 2.05) is 29.6 Å². The van der Waals surface area contributed by atoms with E-state index >= 15 is 0 Å². The minimum Gasteiger partial charge on any atom is -0.497 e. The zero-order valence-electron chi connectivity index (χ0n) is 14.2. The summed E-state index contributed by atoms with van der Waals surface area (Å²) in [6.07, 6.45) is -5.86. The lowest BCUT2D eigenvalue weighted by Crippen LogP contribution is -2.60. The summed E-state index contributed by atoms with van der Waals surface area (Å²) >= 11 is 1.50. The van der Waals surface area contributed by atoms with Gasteiger partial charge in [-0.2, -0.15) is 0 Å². The maximum atomic E-state index is 10.1. The Hall–Kier alpha value is -1.68. The third-order valence-corrected chi connectivity index (χ3v) is 5.22. The average molecular weight is 382 g/mol. The first-order chi connectivity index (χ1) is 12.5. The van der Waals surface area contributed by atoms with Gasteiger partial charge in [-0.1, -0.05) is 12.1 Å². The summed E-state index contributed by atoms with van der Waals surface area (Å²) in [7, 11) is 1.61. The summed E-state index contributed by atoms with van der Waals surface area (Å²) < 4.78 is 16.3. The second kappa shape index (κ2) is 8.34. The fraction of sp³-hybridized carbons (Fsp3) is 0.444. The van der Waals surface area contributed by atoms with E-state index in [4.69, 9.17) is 14.2 Å². The second-order valence-electron chi connectivity index (χ2n) is 6.05. The minimum atomic E-state index is -1.46. The lowest BCUT2D eigenvalue weighted by molar-refractivity contribution is -0.277. The van der Waals surface area contributed by atoms with E-state index < -0.39 is 37.3 Å². The maximum absolute atomic E-state index is 10.1. The van der Waals surface area contributed by atoms with Crippen molar-refractivity contribution in [2.75, 3.05) is 13.7 Å². The van der Waals surface area contributed by atoms with Crippen LogP contribution in [-0.4, -0.2) is 64.8 Å². The molecule has 26 heavy (non-hydrogen) atoms. The van der Waals surface area contributed by atoms with E-state index in [0.29, 0.717) is 12.2 Å². The summed E-state index contributed by atoms with van der Waals surface area (Å²) in [5, 5.41) is 40.9. The molecule has 0 aliphatic carbocycles. The highest BCUT2D eigenvalue weighted by Crippen LogP contribution is 2.31. The molecule has 8 heteroatoms. The SMILES string of the molecule is COc1ccc(Cc2sccc2O[C@@H]2OC(CO)[C@H](O)C(O)[C@@H]2O)cc1. The van der Waals surface area contributed by atoms with Crippen LogP contribution in [-0.2, 0) is 11.2 Å². The molecule has 142 valence electrons. The molecule has 1 aromatic heterocycles. The van der Waals surface area contributed by atoms with Crippen LogP contribution in [0.2, 0.25) is 0 Å². The zero-order chi connectivity index (χ0) is 18.7. The molecule has 3 rings (SSSR count). The normalized spacial score (nSPS) is 28.7. The van der Waals surface area contributed by atoms with Gasteiger partial charge in [-0.05, 0) is 29.1 Å². The fourth-order valence-corrected chi connectivity index (χ4v) is 3.62. The van der Waals surface area contributed by atoms with Crippen molar-refractivity contribution in [3.05, 3.63) is 46.2 Å². The number of thiophene rings is 1. The van der Waals surface area contributed by atoms with Crippen LogP contribution in [0.1, 0.15) is 10.4 Å². The van der Waals surface area contributed by atoms with Crippen molar-refractivity contribution < 1.29 is 34.6 Å². The van der Waals surface area contributed by atoms with Gasteiger partial charge < -0.3 is 34.6 Å². The smallest absolute Gasteiger partial charge is 0.229 e. The van der Waals surface area contributed by atoms with E-state index in [1.54, 1.807) is 13.2 Å². The Morgan fingerprint density at radius 3 is 2.42 bits per heavy atom. The van der Waals surface area contributed by atoms with Crippen LogP contribution in [0.25, 0.3) is 0 Å². The van der Waals surface area contributed by atoms with Gasteiger partial charge in [-0.3, -0.25) is 0 Å². The molecule has 1 fully saturated rings. The van der Waals surface area contributed by atoms with Crippen LogP contribution >= 0.6 is 11.3 Å². The van der Waals surface area contributed by atoms with E-state index in [-0.39, 0.29) is 0 Å². The van der Waals surface area contributed by atoms with E-state index in [1.165, 1.54) is 11.3 Å². The maximum Gasteiger partial charge on any atom is 0.229 e. The number of methoxy groups -OCH3 is 1. The van der Waals surface area contributed by atoms with Gasteiger partial charge in [-0.25, -0.2) is 0 Å². The summed E-state index contributed by atoms with van der Waals surface area (Å²) in [5.41, 5.74) is 1.06. The molecule has 2 aromatic rings. The highest BCUT2D eigenvalue weighted by molar-refractivity contribution is 7.10. The summed E-state index contributed by atoms with van der Waals surface area (Å²) in [6, 6.07) is 9.42. The molecule has 1 aliphatic rings. The number of benzene rings is 1. The average Bonchev–Trinajstić information content (AvgIpc) is 3.09. The fourth-order valence-electron chi connectivity index (χ4n) is 2.78. The molecule has 7 nitrogen and oxygen atoms in total. The van der Waals surface area contributed by atoms with Crippen molar-refractivity contribution in [1.29, 1.82) is 0 Å². The Morgan fingerprint density at radius 2 is 1.77 bits per heavy atom. The number of aliphatic hydroxyl groups excluding tert-OH is 4. The molecular weight excluding hydrogens is 360 g/mol. The van der Waals surface area contributed by atoms with E-state index in [9.17, 15) is 20.4 Å². The van der Waals surface area contributed by atoms with Crippen molar-refractivity contribution >= 4 is 11.3 Å². The number of hydrogen-bond acceptors (Lipinski definition) is 8. The summed E-state index contributed by atoms with van der Waals surface area (Å²) in [4.78, 5) is 0.923. The van der Waals surface area contributed by atoms with Gasteiger partial charge in [0.05, 0.1) is 18.6 Å². The van der Waals surface area contributed by atoms with Crippen LogP contribution in [0.3, 0.4) is 0 Å². The van der Waals surface area contributed by atoms with Crippen molar-refractivity contribution in [2.24, 2.45) is 0 Å². The first kappa shape index (κ1) is 19.1. The Labute approximate surface area is 155 Å². The lowest BCUT2D eigenvalue weighted by Gasteiger charge is -2.39.